The highest BCUT2D eigenvalue weighted by molar-refractivity contribution is 7.19. The molecule has 31 heavy (non-hydrogen) atoms. The van der Waals surface area contributed by atoms with Gasteiger partial charge in [-0.1, -0.05) is 53.3 Å². The molecule has 0 aliphatic rings. The van der Waals surface area contributed by atoms with Crippen LogP contribution in [0, 0.1) is 6.92 Å². The van der Waals surface area contributed by atoms with E-state index in [4.69, 9.17) is 16.3 Å². The van der Waals surface area contributed by atoms with Crippen LogP contribution in [0.2, 0.25) is 5.02 Å². The minimum atomic E-state index is -1.14. The van der Waals surface area contributed by atoms with Gasteiger partial charge >= 0.3 is 5.97 Å². The van der Waals surface area contributed by atoms with Crippen LogP contribution < -0.4 is 10.3 Å². The van der Waals surface area contributed by atoms with Crippen LogP contribution in [0.4, 0.5) is 0 Å². The van der Waals surface area contributed by atoms with Gasteiger partial charge in [-0.05, 0) is 48.4 Å². The number of thiazole rings is 1. The van der Waals surface area contributed by atoms with Gasteiger partial charge in [0.25, 0.3) is 5.56 Å². The Morgan fingerprint density at radius 3 is 2.52 bits per heavy atom. The van der Waals surface area contributed by atoms with E-state index >= 15 is 0 Å². The van der Waals surface area contributed by atoms with Gasteiger partial charge in [0.1, 0.15) is 15.6 Å². The molecule has 0 aliphatic heterocycles. The second kappa shape index (κ2) is 8.37. The van der Waals surface area contributed by atoms with Crippen molar-refractivity contribution >= 4 is 46.0 Å². The summed E-state index contributed by atoms with van der Waals surface area (Å²) in [4.78, 5) is 29.8. The zero-order valence-electron chi connectivity index (χ0n) is 16.6. The lowest BCUT2D eigenvalue weighted by molar-refractivity contribution is 0.0702. The number of carboxylic acid groups (broad SMARTS) is 1. The highest BCUT2D eigenvalue weighted by Crippen LogP contribution is 2.32. The summed E-state index contributed by atoms with van der Waals surface area (Å²) in [5.41, 5.74) is 2.59. The highest BCUT2D eigenvalue weighted by atomic mass is 35.5. The molecule has 0 unspecified atom stereocenters. The van der Waals surface area contributed by atoms with E-state index in [9.17, 15) is 14.7 Å². The quantitative estimate of drug-likeness (QED) is 0.446. The van der Waals surface area contributed by atoms with Gasteiger partial charge in [0.2, 0.25) is 0 Å². The van der Waals surface area contributed by atoms with Gasteiger partial charge in [0.15, 0.2) is 4.96 Å². The number of hydrogen-bond donors (Lipinski definition) is 1. The average Bonchev–Trinajstić information content (AvgIpc) is 3.16. The number of hydrogen-bond acceptors (Lipinski definition) is 5. The Morgan fingerprint density at radius 2 is 1.87 bits per heavy atom. The third-order valence-corrected chi connectivity index (χ3v) is 6.21. The molecule has 2 aromatic heterocycles. The number of halogens is 1. The monoisotopic (exact) mass is 452 g/mol. The van der Waals surface area contributed by atoms with Crippen LogP contribution in [0.5, 0.6) is 5.75 Å². The second-order valence-electron chi connectivity index (χ2n) is 6.74. The van der Waals surface area contributed by atoms with Gasteiger partial charge in [0.05, 0.1) is 18.5 Å². The van der Waals surface area contributed by atoms with E-state index in [1.165, 1.54) is 11.5 Å². The normalized spacial score (nSPS) is 11.3. The molecule has 0 fully saturated rings. The van der Waals surface area contributed by atoms with E-state index in [0.29, 0.717) is 11.3 Å². The number of benzene rings is 2. The van der Waals surface area contributed by atoms with E-state index in [0.717, 1.165) is 22.5 Å². The predicted molar refractivity (Wildman–Crippen MR) is 123 cm³/mol. The topological polar surface area (TPSA) is 80.9 Å². The maximum atomic E-state index is 13.1. The van der Waals surface area contributed by atoms with Gasteiger partial charge in [-0.25, -0.2) is 14.2 Å². The predicted octanol–water partition coefficient (Wildman–Crippen LogP) is 5.26. The zero-order valence-corrected chi connectivity index (χ0v) is 18.2. The Labute approximate surface area is 186 Å². The van der Waals surface area contributed by atoms with Gasteiger partial charge < -0.3 is 9.84 Å². The summed E-state index contributed by atoms with van der Waals surface area (Å²) >= 11 is 7.29. The molecule has 0 amide bonds. The number of rotatable bonds is 5. The molecule has 4 aromatic rings. The van der Waals surface area contributed by atoms with E-state index < -0.39 is 11.5 Å². The summed E-state index contributed by atoms with van der Waals surface area (Å²) in [5, 5.41) is 9.66. The van der Waals surface area contributed by atoms with Gasteiger partial charge in [-0.3, -0.25) is 4.79 Å². The van der Waals surface area contributed by atoms with Crippen molar-refractivity contribution in [2.24, 2.45) is 0 Å². The molecular formula is C23H17ClN2O4S. The summed E-state index contributed by atoms with van der Waals surface area (Å²) in [6.07, 6.45) is 3.49. The molecule has 8 heteroatoms. The van der Waals surface area contributed by atoms with Crippen molar-refractivity contribution in [1.29, 1.82) is 0 Å². The van der Waals surface area contributed by atoms with Crippen LogP contribution in [0.1, 0.15) is 26.5 Å². The lowest BCUT2D eigenvalue weighted by Crippen LogP contribution is -2.17. The number of carbonyl (C=O) groups is 1. The van der Waals surface area contributed by atoms with Crippen LogP contribution >= 0.6 is 22.9 Å². The molecule has 2 aromatic carbocycles. The minimum absolute atomic E-state index is 0.00543. The number of methoxy groups -OCH3 is 1. The molecule has 6 nitrogen and oxygen atoms in total. The van der Waals surface area contributed by atoms with Crippen LogP contribution in [0.3, 0.4) is 0 Å². The Balaban J connectivity index is 1.91. The zero-order chi connectivity index (χ0) is 22.1. The molecule has 0 saturated heterocycles. The van der Waals surface area contributed by atoms with Crippen molar-refractivity contribution in [3.63, 3.8) is 0 Å². The van der Waals surface area contributed by atoms with Crippen LogP contribution in [-0.2, 0) is 0 Å². The maximum absolute atomic E-state index is 13.1. The third-order valence-electron chi connectivity index (χ3n) is 4.82. The van der Waals surface area contributed by atoms with Crippen LogP contribution in [0.25, 0.3) is 28.4 Å². The Kier molecular flexibility index (Phi) is 5.63. The molecular weight excluding hydrogens is 436 g/mol. The number of aromatic nitrogens is 2. The van der Waals surface area contributed by atoms with Crippen LogP contribution in [-0.4, -0.2) is 27.6 Å². The summed E-state index contributed by atoms with van der Waals surface area (Å²) in [7, 11) is 1.54. The molecule has 156 valence electrons. The van der Waals surface area contributed by atoms with E-state index in [1.807, 2.05) is 37.3 Å². The lowest BCUT2D eigenvalue weighted by Gasteiger charge is -2.06. The van der Waals surface area contributed by atoms with E-state index in [2.05, 4.69) is 4.98 Å². The SMILES string of the molecule is COc1ccc(-c2c(C(=O)O)sc3nc(C=Cc4ccccc4C)c(Cl)c(=O)n23)cc1. The summed E-state index contributed by atoms with van der Waals surface area (Å²) in [6, 6.07) is 14.6. The van der Waals surface area contributed by atoms with Crippen molar-refractivity contribution < 1.29 is 14.6 Å². The number of carboxylic acids is 1. The number of aromatic carboxylic acids is 1. The Morgan fingerprint density at radius 1 is 1.16 bits per heavy atom. The molecule has 0 atom stereocenters. The van der Waals surface area contributed by atoms with E-state index in [-0.39, 0.29) is 26.2 Å². The first-order valence-electron chi connectivity index (χ1n) is 9.27. The molecule has 0 spiro atoms. The summed E-state index contributed by atoms with van der Waals surface area (Å²) in [5.74, 6) is -0.527. The molecule has 0 bridgehead atoms. The third kappa shape index (κ3) is 3.85. The lowest BCUT2D eigenvalue weighted by atomic mass is 10.1. The van der Waals surface area contributed by atoms with Gasteiger partial charge in [-0.2, -0.15) is 0 Å². The molecule has 0 radical (unpaired) electrons. The molecule has 1 N–H and O–H groups in total. The minimum Gasteiger partial charge on any atom is -0.497 e. The van der Waals surface area contributed by atoms with Crippen molar-refractivity contribution in [3.8, 4) is 17.0 Å². The largest absolute Gasteiger partial charge is 0.497 e. The fraction of sp³-hybridized carbons (Fsp3) is 0.0870. The molecule has 4 rings (SSSR count). The number of fused-ring (bicyclic) bond motifs is 1. The first-order chi connectivity index (χ1) is 14.9. The van der Waals surface area contributed by atoms with Crippen molar-refractivity contribution in [1.82, 2.24) is 9.38 Å². The summed E-state index contributed by atoms with van der Waals surface area (Å²) in [6.45, 7) is 1.98. The van der Waals surface area contributed by atoms with E-state index in [1.54, 1.807) is 30.3 Å². The Hall–Kier alpha value is -3.42. The second-order valence-corrected chi connectivity index (χ2v) is 8.09. The summed E-state index contributed by atoms with van der Waals surface area (Å²) < 4.78 is 6.41. The molecule has 0 aliphatic carbocycles. The van der Waals surface area contributed by atoms with Crippen molar-refractivity contribution in [3.05, 3.63) is 85.6 Å². The highest BCUT2D eigenvalue weighted by Gasteiger charge is 2.23. The molecule has 0 saturated carbocycles. The number of aryl methyl sites for hydroxylation is 1. The number of ether oxygens (including phenoxy) is 1. The fourth-order valence-electron chi connectivity index (χ4n) is 3.21. The molecule has 2 heterocycles. The fourth-order valence-corrected chi connectivity index (χ4v) is 4.39. The first kappa shape index (κ1) is 20.8. The Bertz CT molecular complexity index is 1390. The maximum Gasteiger partial charge on any atom is 0.348 e. The van der Waals surface area contributed by atoms with Crippen LogP contribution in [0.15, 0.2) is 53.3 Å². The number of nitrogens with zero attached hydrogens (tertiary/aromatic N) is 2. The first-order valence-corrected chi connectivity index (χ1v) is 10.5. The van der Waals surface area contributed by atoms with Gasteiger partial charge in [0, 0.05) is 5.56 Å². The standard InChI is InChI=1S/C23H17ClN2O4S/c1-13-5-3-4-6-14(13)9-12-17-18(24)21(27)26-19(15-7-10-16(30-2)11-8-15)20(22(28)29)31-23(26)25-17/h3-12H,1-2H3,(H,28,29). The van der Waals surface area contributed by atoms with Crippen molar-refractivity contribution in [2.45, 2.75) is 6.92 Å². The van der Waals surface area contributed by atoms with Gasteiger partial charge in [-0.15, -0.1) is 0 Å². The average molecular weight is 453 g/mol. The van der Waals surface area contributed by atoms with Crippen molar-refractivity contribution in [2.75, 3.05) is 7.11 Å². The smallest absolute Gasteiger partial charge is 0.348 e.